The van der Waals surface area contributed by atoms with Gasteiger partial charge in [0, 0.05) is 11.3 Å². The lowest BCUT2D eigenvalue weighted by molar-refractivity contribution is 0.0912. The predicted molar refractivity (Wildman–Crippen MR) is 118 cm³/mol. The first-order chi connectivity index (χ1) is 14.1. The Hall–Kier alpha value is -3.44. The average Bonchev–Trinajstić information content (AvgIpc) is 2.74. The number of benzene rings is 3. The molecule has 29 heavy (non-hydrogen) atoms. The fourth-order valence-corrected chi connectivity index (χ4v) is 3.71. The zero-order chi connectivity index (χ0) is 20.2. The van der Waals surface area contributed by atoms with Crippen LogP contribution in [-0.4, -0.2) is 10.9 Å². The van der Waals surface area contributed by atoms with Gasteiger partial charge >= 0.3 is 0 Å². The van der Waals surface area contributed by atoms with Crippen LogP contribution in [0, 0.1) is 5.92 Å². The smallest absolute Gasteiger partial charge is 0.174 e. The summed E-state index contributed by atoms with van der Waals surface area (Å²) in [6.07, 6.45) is 0. The quantitative estimate of drug-likeness (QED) is 0.466. The fraction of sp³-hybridized carbons (Fsp3) is 0.0833. The number of para-hydroxylation sites is 1. The van der Waals surface area contributed by atoms with E-state index in [0.29, 0.717) is 22.1 Å². The zero-order valence-corrected chi connectivity index (χ0v) is 16.5. The Labute approximate surface area is 175 Å². The molecule has 0 radical (unpaired) electrons. The van der Waals surface area contributed by atoms with Crippen LogP contribution in [0.15, 0.2) is 97.2 Å². The number of thiocarbonyl (C=S) groups is 1. The van der Waals surface area contributed by atoms with Crippen LogP contribution in [-0.2, 0) is 0 Å². The Kier molecular flexibility index (Phi) is 5.40. The van der Waals surface area contributed by atoms with E-state index in [2.05, 4.69) is 17.2 Å². The fourth-order valence-electron chi connectivity index (χ4n) is 3.45. The first-order valence-electron chi connectivity index (χ1n) is 9.30. The van der Waals surface area contributed by atoms with E-state index < -0.39 is 5.92 Å². The van der Waals surface area contributed by atoms with E-state index >= 15 is 0 Å². The molecule has 1 heterocycles. The highest BCUT2D eigenvalue weighted by Gasteiger charge is 2.37. The molecule has 1 saturated heterocycles. The van der Waals surface area contributed by atoms with Gasteiger partial charge < -0.3 is 15.4 Å². The molecule has 4 nitrogen and oxygen atoms in total. The lowest BCUT2D eigenvalue weighted by Crippen LogP contribution is -2.50. The molecule has 0 aromatic heterocycles. The number of hydrogen-bond acceptors (Lipinski definition) is 3. The van der Waals surface area contributed by atoms with Crippen molar-refractivity contribution in [3.8, 4) is 11.5 Å². The maximum Gasteiger partial charge on any atom is 0.174 e. The molecular formula is C24H20N2O2S. The summed E-state index contributed by atoms with van der Waals surface area (Å²) in [4.78, 5) is 13.3. The molecule has 3 aromatic carbocycles. The Balaban J connectivity index is 1.67. The van der Waals surface area contributed by atoms with Gasteiger partial charge in [0.15, 0.2) is 10.9 Å². The van der Waals surface area contributed by atoms with Crippen LogP contribution in [0.4, 0.5) is 0 Å². The third-order valence-corrected chi connectivity index (χ3v) is 5.03. The van der Waals surface area contributed by atoms with Gasteiger partial charge in [-0.05, 0) is 42.0 Å². The number of carbonyl (C=O) groups is 1. The summed E-state index contributed by atoms with van der Waals surface area (Å²) in [6, 6.07) is 26.1. The molecule has 144 valence electrons. The van der Waals surface area contributed by atoms with Crippen LogP contribution in [0.5, 0.6) is 11.5 Å². The van der Waals surface area contributed by atoms with Gasteiger partial charge in [0.1, 0.15) is 11.5 Å². The predicted octanol–water partition coefficient (Wildman–Crippen LogP) is 5.01. The molecule has 2 N–H and O–H groups in total. The molecule has 0 spiro atoms. The minimum Gasteiger partial charge on any atom is -0.457 e. The summed E-state index contributed by atoms with van der Waals surface area (Å²) < 4.78 is 5.96. The van der Waals surface area contributed by atoms with Gasteiger partial charge in [-0.15, -0.1) is 0 Å². The SMILES string of the molecule is C=C1NC(=S)N[C@@H](c2cccc(Oc3ccccc3)c2)[C@@H]1C(=O)c1ccccc1. The van der Waals surface area contributed by atoms with E-state index in [0.717, 1.165) is 11.3 Å². The van der Waals surface area contributed by atoms with E-state index in [1.165, 1.54) is 0 Å². The van der Waals surface area contributed by atoms with Crippen LogP contribution in [0.3, 0.4) is 0 Å². The highest BCUT2D eigenvalue weighted by molar-refractivity contribution is 7.80. The molecule has 2 atom stereocenters. The third kappa shape index (κ3) is 4.20. The molecule has 1 aliphatic heterocycles. The number of ether oxygens (including phenoxy) is 1. The van der Waals surface area contributed by atoms with Crippen LogP contribution < -0.4 is 15.4 Å². The van der Waals surface area contributed by atoms with Crippen molar-refractivity contribution in [1.29, 1.82) is 0 Å². The van der Waals surface area contributed by atoms with Crippen molar-refractivity contribution in [3.63, 3.8) is 0 Å². The van der Waals surface area contributed by atoms with E-state index in [9.17, 15) is 4.79 Å². The first-order valence-corrected chi connectivity index (χ1v) is 9.71. The van der Waals surface area contributed by atoms with Crippen LogP contribution >= 0.6 is 12.2 Å². The second-order valence-corrected chi connectivity index (χ2v) is 7.21. The largest absolute Gasteiger partial charge is 0.457 e. The highest BCUT2D eigenvalue weighted by Crippen LogP contribution is 2.34. The van der Waals surface area contributed by atoms with Gasteiger partial charge in [0.2, 0.25) is 0 Å². The van der Waals surface area contributed by atoms with E-state index in [1.54, 1.807) is 0 Å². The maximum atomic E-state index is 13.3. The second kappa shape index (κ2) is 8.29. The standard InChI is InChI=1S/C24H20N2O2S/c1-16-21(23(27)17-9-4-2-5-10-17)22(26-24(29)25-16)18-11-8-14-20(15-18)28-19-12-6-3-7-13-19/h2-15,21-22H,1H2,(H2,25,26,29)/t21-,22+/m1/s1. The summed E-state index contributed by atoms with van der Waals surface area (Å²) >= 11 is 5.33. The molecule has 0 amide bonds. The molecule has 0 unspecified atom stereocenters. The number of nitrogens with one attached hydrogen (secondary N) is 2. The molecule has 0 bridgehead atoms. The van der Waals surface area contributed by atoms with Crippen molar-refractivity contribution in [1.82, 2.24) is 10.6 Å². The summed E-state index contributed by atoms with van der Waals surface area (Å²) in [7, 11) is 0. The van der Waals surface area contributed by atoms with Crippen molar-refractivity contribution >= 4 is 23.1 Å². The second-order valence-electron chi connectivity index (χ2n) is 6.80. The lowest BCUT2D eigenvalue weighted by Gasteiger charge is -2.35. The van der Waals surface area contributed by atoms with Gasteiger partial charge in [-0.2, -0.15) is 0 Å². The Morgan fingerprint density at radius 3 is 2.28 bits per heavy atom. The van der Waals surface area contributed by atoms with Crippen molar-refractivity contribution < 1.29 is 9.53 Å². The maximum absolute atomic E-state index is 13.3. The van der Waals surface area contributed by atoms with Crippen LogP contribution in [0.25, 0.3) is 0 Å². The summed E-state index contributed by atoms with van der Waals surface area (Å²) in [5.74, 6) is 0.921. The van der Waals surface area contributed by atoms with Crippen molar-refractivity contribution in [2.75, 3.05) is 0 Å². The number of rotatable bonds is 5. The Morgan fingerprint density at radius 2 is 1.55 bits per heavy atom. The van der Waals surface area contributed by atoms with Crippen molar-refractivity contribution in [3.05, 3.63) is 108 Å². The molecule has 1 aliphatic rings. The molecule has 3 aromatic rings. The highest BCUT2D eigenvalue weighted by atomic mass is 32.1. The number of carbonyl (C=O) groups excluding carboxylic acids is 1. The van der Waals surface area contributed by atoms with E-state index in [4.69, 9.17) is 17.0 Å². The first kappa shape index (κ1) is 18.9. The van der Waals surface area contributed by atoms with Gasteiger partial charge in [0.25, 0.3) is 0 Å². The van der Waals surface area contributed by atoms with Crippen LogP contribution in [0.2, 0.25) is 0 Å². The summed E-state index contributed by atoms with van der Waals surface area (Å²) in [6.45, 7) is 4.07. The Morgan fingerprint density at radius 1 is 0.897 bits per heavy atom. The van der Waals surface area contributed by atoms with Gasteiger partial charge in [0.05, 0.1) is 12.0 Å². The molecule has 1 fully saturated rings. The van der Waals surface area contributed by atoms with E-state index in [1.807, 2.05) is 84.9 Å². The van der Waals surface area contributed by atoms with Crippen molar-refractivity contribution in [2.24, 2.45) is 5.92 Å². The summed E-state index contributed by atoms with van der Waals surface area (Å²) in [5.41, 5.74) is 2.12. The monoisotopic (exact) mass is 400 g/mol. The minimum atomic E-state index is -0.504. The lowest BCUT2D eigenvalue weighted by atomic mass is 9.83. The number of ketones is 1. The topological polar surface area (TPSA) is 50.4 Å². The molecule has 4 rings (SSSR count). The minimum absolute atomic E-state index is 0.0162. The molecular weight excluding hydrogens is 380 g/mol. The Bertz CT molecular complexity index is 1050. The number of Topliss-reactive ketones (excluding diaryl/α,β-unsaturated/α-hetero) is 1. The van der Waals surface area contributed by atoms with E-state index in [-0.39, 0.29) is 11.8 Å². The third-order valence-electron chi connectivity index (χ3n) is 4.81. The zero-order valence-electron chi connectivity index (χ0n) is 15.7. The van der Waals surface area contributed by atoms with Crippen LogP contribution in [0.1, 0.15) is 22.0 Å². The normalized spacial score (nSPS) is 18.5. The average molecular weight is 401 g/mol. The molecule has 0 saturated carbocycles. The summed E-state index contributed by atoms with van der Waals surface area (Å²) in [5, 5.41) is 6.70. The number of hydrogen-bond donors (Lipinski definition) is 2. The van der Waals surface area contributed by atoms with Gasteiger partial charge in [-0.3, -0.25) is 4.79 Å². The van der Waals surface area contributed by atoms with Gasteiger partial charge in [-0.1, -0.05) is 67.2 Å². The molecule has 5 heteroatoms. The molecule has 0 aliphatic carbocycles. The van der Waals surface area contributed by atoms with Gasteiger partial charge in [-0.25, -0.2) is 0 Å². The van der Waals surface area contributed by atoms with Crippen molar-refractivity contribution in [2.45, 2.75) is 6.04 Å².